The molecule has 0 spiro atoms. The van der Waals surface area contributed by atoms with E-state index < -0.39 is 0 Å². The van der Waals surface area contributed by atoms with Crippen molar-refractivity contribution >= 4 is 5.97 Å². The van der Waals surface area contributed by atoms with Crippen LogP contribution in [0.1, 0.15) is 51.9 Å². The van der Waals surface area contributed by atoms with Gasteiger partial charge in [-0.1, -0.05) is 26.2 Å². The maximum atomic E-state index is 10.8. The molecule has 0 heterocycles. The molecule has 1 radical (unpaired) electrons. The first-order valence-electron chi connectivity index (χ1n) is 5.32. The van der Waals surface area contributed by atoms with Crippen LogP contribution in [-0.2, 0) is 9.53 Å². The van der Waals surface area contributed by atoms with Gasteiger partial charge in [-0.3, -0.25) is 4.79 Å². The first kappa shape index (κ1) is 10.6. The first-order valence-corrected chi connectivity index (χ1v) is 5.32. The topological polar surface area (TPSA) is 26.3 Å². The van der Waals surface area contributed by atoms with Crippen LogP contribution in [-0.4, -0.2) is 12.6 Å². The Morgan fingerprint density at radius 2 is 2.00 bits per heavy atom. The van der Waals surface area contributed by atoms with Gasteiger partial charge in [0.25, 0.3) is 0 Å². The van der Waals surface area contributed by atoms with Crippen LogP contribution in [0.5, 0.6) is 0 Å². The zero-order valence-corrected chi connectivity index (χ0v) is 8.47. The summed E-state index contributed by atoms with van der Waals surface area (Å²) in [4.78, 5) is 10.8. The van der Waals surface area contributed by atoms with Gasteiger partial charge >= 0.3 is 5.97 Å². The van der Waals surface area contributed by atoms with Gasteiger partial charge in [0, 0.05) is 6.42 Å². The lowest BCUT2D eigenvalue weighted by atomic mass is 9.87. The summed E-state index contributed by atoms with van der Waals surface area (Å²) in [6.07, 6.45) is 8.03. The summed E-state index contributed by atoms with van der Waals surface area (Å²) in [7, 11) is 0. The van der Waals surface area contributed by atoms with Gasteiger partial charge in [-0.25, -0.2) is 0 Å². The molecular formula is C11H19O2. The summed E-state index contributed by atoms with van der Waals surface area (Å²) in [5, 5.41) is 0. The van der Waals surface area contributed by atoms with Crippen LogP contribution in [0.2, 0.25) is 0 Å². The summed E-state index contributed by atoms with van der Waals surface area (Å²) in [6.45, 7) is 2.43. The van der Waals surface area contributed by atoms with E-state index in [0.29, 0.717) is 13.0 Å². The minimum absolute atomic E-state index is 0.0728. The van der Waals surface area contributed by atoms with E-state index in [2.05, 4.69) is 0 Å². The van der Waals surface area contributed by atoms with Crippen LogP contribution >= 0.6 is 0 Å². The van der Waals surface area contributed by atoms with Crippen LogP contribution in [0, 0.1) is 5.92 Å². The fraction of sp³-hybridized carbons (Fsp3) is 0.818. The quantitative estimate of drug-likeness (QED) is 0.626. The number of rotatable bonds is 4. The summed E-state index contributed by atoms with van der Waals surface area (Å²) in [6, 6.07) is 0. The molecule has 1 rings (SSSR count). The highest BCUT2D eigenvalue weighted by Crippen LogP contribution is 2.27. The van der Waals surface area contributed by atoms with Crippen LogP contribution < -0.4 is 0 Å². The molecule has 0 aliphatic heterocycles. The summed E-state index contributed by atoms with van der Waals surface area (Å²) < 4.78 is 5.03. The Bertz CT molecular complexity index is 148. The average molecular weight is 183 g/mol. The van der Waals surface area contributed by atoms with Gasteiger partial charge in [0.05, 0.1) is 6.61 Å². The normalized spacial score (nSPS) is 18.5. The number of carbonyl (C=O) groups is 1. The van der Waals surface area contributed by atoms with Crippen LogP contribution in [0.4, 0.5) is 0 Å². The van der Waals surface area contributed by atoms with Crippen molar-refractivity contribution in [2.75, 3.05) is 6.61 Å². The molecule has 0 unspecified atom stereocenters. The number of hydrogen-bond acceptors (Lipinski definition) is 2. The second-order valence-electron chi connectivity index (χ2n) is 3.63. The molecule has 1 aliphatic rings. The fourth-order valence-corrected chi connectivity index (χ4v) is 1.71. The summed E-state index contributed by atoms with van der Waals surface area (Å²) in [5.41, 5.74) is 0. The largest absolute Gasteiger partial charge is 0.466 e. The van der Waals surface area contributed by atoms with Crippen molar-refractivity contribution in [3.8, 4) is 0 Å². The molecule has 1 fully saturated rings. The van der Waals surface area contributed by atoms with Crippen molar-refractivity contribution in [2.45, 2.75) is 51.9 Å². The fourth-order valence-electron chi connectivity index (χ4n) is 1.71. The highest BCUT2D eigenvalue weighted by atomic mass is 16.5. The van der Waals surface area contributed by atoms with Gasteiger partial charge in [0.15, 0.2) is 0 Å². The zero-order valence-electron chi connectivity index (χ0n) is 8.47. The van der Waals surface area contributed by atoms with E-state index in [9.17, 15) is 4.79 Å². The molecule has 0 atom stereocenters. The number of esters is 1. The highest BCUT2D eigenvalue weighted by molar-refractivity contribution is 5.68. The maximum Gasteiger partial charge on any atom is 0.305 e. The van der Waals surface area contributed by atoms with Crippen LogP contribution in [0.15, 0.2) is 0 Å². The minimum Gasteiger partial charge on any atom is -0.466 e. The summed E-state index contributed by atoms with van der Waals surface area (Å²) >= 11 is 0. The molecule has 0 aromatic heterocycles. The second-order valence-corrected chi connectivity index (χ2v) is 3.63. The van der Waals surface area contributed by atoms with E-state index in [-0.39, 0.29) is 5.97 Å². The first-order chi connectivity index (χ1) is 6.33. The van der Waals surface area contributed by atoms with E-state index in [1.54, 1.807) is 5.92 Å². The lowest BCUT2D eigenvalue weighted by Gasteiger charge is -2.20. The molecule has 0 aromatic rings. The average Bonchev–Trinajstić information content (AvgIpc) is 2.19. The van der Waals surface area contributed by atoms with Gasteiger partial charge in [-0.05, 0) is 25.2 Å². The Labute approximate surface area is 80.7 Å². The van der Waals surface area contributed by atoms with Crippen molar-refractivity contribution in [1.82, 2.24) is 0 Å². The molecule has 1 aliphatic carbocycles. The van der Waals surface area contributed by atoms with Crippen LogP contribution in [0.25, 0.3) is 0 Å². The Morgan fingerprint density at radius 3 is 2.62 bits per heavy atom. The predicted molar refractivity (Wildman–Crippen MR) is 52.2 cm³/mol. The third kappa shape index (κ3) is 4.30. The Hall–Kier alpha value is -0.530. The van der Waals surface area contributed by atoms with E-state index in [0.717, 1.165) is 6.42 Å². The molecule has 0 amide bonds. The van der Waals surface area contributed by atoms with E-state index in [1.807, 2.05) is 6.92 Å². The molecule has 13 heavy (non-hydrogen) atoms. The molecular weight excluding hydrogens is 164 g/mol. The Balaban J connectivity index is 2.01. The molecule has 0 saturated heterocycles. The third-order valence-electron chi connectivity index (χ3n) is 2.57. The monoisotopic (exact) mass is 183 g/mol. The molecule has 0 N–H and O–H groups in total. The van der Waals surface area contributed by atoms with Gasteiger partial charge < -0.3 is 4.74 Å². The number of ether oxygens (including phenoxy) is 1. The number of carbonyl (C=O) groups excluding carboxylic acids is 1. The Morgan fingerprint density at radius 1 is 1.31 bits per heavy atom. The molecule has 2 heteroatoms. The molecule has 0 bridgehead atoms. The van der Waals surface area contributed by atoms with Crippen molar-refractivity contribution in [3.05, 3.63) is 5.92 Å². The minimum atomic E-state index is -0.0728. The standard InChI is InChI=1S/C11H19O2/c1-2-11(12)13-9-8-10-6-4-3-5-7-10/h2-9H2,1H3. The third-order valence-corrected chi connectivity index (χ3v) is 2.57. The van der Waals surface area contributed by atoms with Gasteiger partial charge in [0.2, 0.25) is 0 Å². The predicted octanol–water partition coefficient (Wildman–Crippen LogP) is 2.87. The van der Waals surface area contributed by atoms with Crippen molar-refractivity contribution in [3.63, 3.8) is 0 Å². The van der Waals surface area contributed by atoms with Gasteiger partial charge in [-0.2, -0.15) is 0 Å². The summed E-state index contributed by atoms with van der Waals surface area (Å²) in [5.74, 6) is 1.52. The van der Waals surface area contributed by atoms with Gasteiger partial charge in [-0.15, -0.1) is 0 Å². The SMILES string of the molecule is CCC(=O)OCC[C]1CCCCC1. The van der Waals surface area contributed by atoms with E-state index >= 15 is 0 Å². The second kappa shape index (κ2) is 6.01. The maximum absolute atomic E-state index is 10.8. The molecule has 0 aromatic carbocycles. The van der Waals surface area contributed by atoms with E-state index in [4.69, 9.17) is 4.74 Å². The highest BCUT2D eigenvalue weighted by Gasteiger charge is 2.13. The molecule has 75 valence electrons. The lowest BCUT2D eigenvalue weighted by molar-refractivity contribution is -0.143. The number of hydrogen-bond donors (Lipinski definition) is 0. The van der Waals surface area contributed by atoms with Crippen molar-refractivity contribution in [1.29, 1.82) is 0 Å². The smallest absolute Gasteiger partial charge is 0.305 e. The molecule has 2 nitrogen and oxygen atoms in total. The van der Waals surface area contributed by atoms with Gasteiger partial charge in [0.1, 0.15) is 0 Å². The Kier molecular flexibility index (Phi) is 4.87. The van der Waals surface area contributed by atoms with Crippen molar-refractivity contribution < 1.29 is 9.53 Å². The van der Waals surface area contributed by atoms with Crippen LogP contribution in [0.3, 0.4) is 0 Å². The van der Waals surface area contributed by atoms with E-state index in [1.165, 1.54) is 32.1 Å². The zero-order chi connectivity index (χ0) is 9.52. The lowest BCUT2D eigenvalue weighted by Crippen LogP contribution is -2.10. The van der Waals surface area contributed by atoms with Crippen molar-refractivity contribution in [2.24, 2.45) is 0 Å². The molecule has 1 saturated carbocycles.